The van der Waals surface area contributed by atoms with Crippen LogP contribution >= 0.6 is 0 Å². The van der Waals surface area contributed by atoms with Crippen LogP contribution in [-0.4, -0.2) is 56.8 Å². The van der Waals surface area contributed by atoms with Crippen molar-refractivity contribution in [1.82, 2.24) is 13.9 Å². The third kappa shape index (κ3) is 5.66. The quantitative estimate of drug-likeness (QED) is 0.734. The highest BCUT2D eigenvalue weighted by Crippen LogP contribution is 2.29. The van der Waals surface area contributed by atoms with Gasteiger partial charge < -0.3 is 4.90 Å². The molecule has 0 spiro atoms. The first-order valence-corrected chi connectivity index (χ1v) is 11.6. The molecule has 1 heterocycles. The van der Waals surface area contributed by atoms with Crippen LogP contribution in [0.4, 0.5) is 8.78 Å². The van der Waals surface area contributed by atoms with Crippen LogP contribution in [0.15, 0.2) is 42.5 Å². The highest BCUT2D eigenvalue weighted by atomic mass is 32.2. The molecule has 0 unspecified atom stereocenters. The summed E-state index contributed by atoms with van der Waals surface area (Å²) in [5.41, 5.74) is 0.767. The third-order valence-corrected chi connectivity index (χ3v) is 7.06. The summed E-state index contributed by atoms with van der Waals surface area (Å²) in [6, 6.07) is 10.2. The zero-order chi connectivity index (χ0) is 22.6. The molecule has 1 aliphatic rings. The summed E-state index contributed by atoms with van der Waals surface area (Å²) in [5, 5.41) is 0. The van der Waals surface area contributed by atoms with Crippen LogP contribution in [0.3, 0.4) is 0 Å². The van der Waals surface area contributed by atoms with Gasteiger partial charge in [-0.25, -0.2) is 8.78 Å². The van der Waals surface area contributed by atoms with Gasteiger partial charge in [0.25, 0.3) is 10.2 Å². The first-order valence-electron chi connectivity index (χ1n) is 10.2. The van der Waals surface area contributed by atoms with Crippen molar-refractivity contribution >= 4 is 16.1 Å². The predicted molar refractivity (Wildman–Crippen MR) is 115 cm³/mol. The highest BCUT2D eigenvalue weighted by molar-refractivity contribution is 7.87. The van der Waals surface area contributed by atoms with E-state index in [1.165, 1.54) is 32.3 Å². The fourth-order valence-corrected chi connectivity index (χ4v) is 4.60. The lowest BCUT2D eigenvalue weighted by atomic mass is 9.96. The van der Waals surface area contributed by atoms with Crippen molar-refractivity contribution in [2.24, 2.45) is 0 Å². The number of amides is 1. The van der Waals surface area contributed by atoms with Gasteiger partial charge in [-0.15, -0.1) is 0 Å². The topological polar surface area (TPSA) is 69.7 Å². The van der Waals surface area contributed by atoms with Crippen molar-refractivity contribution in [3.8, 4) is 11.1 Å². The average molecular weight is 452 g/mol. The molecule has 9 heteroatoms. The van der Waals surface area contributed by atoms with E-state index in [0.29, 0.717) is 43.5 Å². The molecule has 0 saturated carbocycles. The fraction of sp³-hybridized carbons (Fsp3) is 0.409. The highest BCUT2D eigenvalue weighted by Gasteiger charge is 2.25. The SMILES string of the molecule is CN(C)S(=O)(=O)N[C@H]1CCCN(C(=O)Cc2ccccc2-c2c(F)cccc2F)CC1. The maximum atomic E-state index is 14.3. The number of carbonyl (C=O) groups is 1. The first kappa shape index (κ1) is 23.3. The zero-order valence-corrected chi connectivity index (χ0v) is 18.5. The largest absolute Gasteiger partial charge is 0.342 e. The maximum Gasteiger partial charge on any atom is 0.279 e. The van der Waals surface area contributed by atoms with Crippen LogP contribution in [0.2, 0.25) is 0 Å². The van der Waals surface area contributed by atoms with Gasteiger partial charge in [0.05, 0.1) is 12.0 Å². The fourth-order valence-electron chi connectivity index (χ4n) is 3.73. The van der Waals surface area contributed by atoms with Crippen molar-refractivity contribution < 1.29 is 22.0 Å². The smallest absolute Gasteiger partial charge is 0.279 e. The molecule has 1 saturated heterocycles. The molecule has 1 N–H and O–H groups in total. The molecular formula is C22H27F2N3O3S. The molecule has 0 aromatic heterocycles. The number of hydrogen-bond donors (Lipinski definition) is 1. The lowest BCUT2D eigenvalue weighted by Crippen LogP contribution is -2.42. The van der Waals surface area contributed by atoms with E-state index in [2.05, 4.69) is 4.72 Å². The lowest BCUT2D eigenvalue weighted by molar-refractivity contribution is -0.130. The van der Waals surface area contributed by atoms with E-state index in [9.17, 15) is 22.0 Å². The molecule has 1 fully saturated rings. The number of likely N-dealkylation sites (tertiary alicyclic amines) is 1. The molecule has 2 aromatic carbocycles. The number of rotatable bonds is 6. The molecule has 0 aliphatic carbocycles. The van der Waals surface area contributed by atoms with Crippen molar-refractivity contribution in [1.29, 1.82) is 0 Å². The molecular weight excluding hydrogens is 424 g/mol. The Balaban J connectivity index is 1.72. The Bertz CT molecular complexity index is 1020. The van der Waals surface area contributed by atoms with Gasteiger partial charge in [0.15, 0.2) is 0 Å². The van der Waals surface area contributed by atoms with Gasteiger partial charge in [0.2, 0.25) is 5.91 Å². The first-order chi connectivity index (χ1) is 14.7. The van der Waals surface area contributed by atoms with Gasteiger partial charge in [0, 0.05) is 33.2 Å². The summed E-state index contributed by atoms with van der Waals surface area (Å²) in [6.45, 7) is 0.922. The lowest BCUT2D eigenvalue weighted by Gasteiger charge is -2.22. The van der Waals surface area contributed by atoms with Gasteiger partial charge in [-0.1, -0.05) is 30.3 Å². The Kier molecular flexibility index (Phi) is 7.40. The molecule has 0 bridgehead atoms. The van der Waals surface area contributed by atoms with Crippen LogP contribution in [0.5, 0.6) is 0 Å². The molecule has 1 aliphatic heterocycles. The molecule has 1 atom stereocenters. The summed E-state index contributed by atoms with van der Waals surface area (Å²) < 4.78 is 56.5. The Morgan fingerprint density at radius 3 is 2.42 bits per heavy atom. The Labute approximate surface area is 182 Å². The van der Waals surface area contributed by atoms with Crippen molar-refractivity contribution in [3.05, 3.63) is 59.7 Å². The van der Waals surface area contributed by atoms with Gasteiger partial charge in [-0.05, 0) is 42.5 Å². The van der Waals surface area contributed by atoms with Gasteiger partial charge >= 0.3 is 0 Å². The number of carbonyl (C=O) groups excluding carboxylic acids is 1. The summed E-state index contributed by atoms with van der Waals surface area (Å²) in [5.74, 6) is -1.50. The molecule has 31 heavy (non-hydrogen) atoms. The van der Waals surface area contributed by atoms with E-state index < -0.39 is 21.8 Å². The molecule has 6 nitrogen and oxygen atoms in total. The van der Waals surface area contributed by atoms with Crippen LogP contribution in [0, 0.1) is 11.6 Å². The molecule has 2 aromatic rings. The van der Waals surface area contributed by atoms with Gasteiger partial charge in [0.1, 0.15) is 11.6 Å². The minimum absolute atomic E-state index is 0.0119. The monoisotopic (exact) mass is 451 g/mol. The second-order valence-corrected chi connectivity index (χ2v) is 9.76. The number of hydrogen-bond acceptors (Lipinski definition) is 3. The molecule has 1 amide bonds. The summed E-state index contributed by atoms with van der Waals surface area (Å²) in [6.07, 6.45) is 1.81. The second kappa shape index (κ2) is 9.84. The van der Waals surface area contributed by atoms with E-state index >= 15 is 0 Å². The minimum Gasteiger partial charge on any atom is -0.342 e. The number of halogens is 2. The normalized spacial score (nSPS) is 17.6. The third-order valence-electron chi connectivity index (χ3n) is 5.47. The maximum absolute atomic E-state index is 14.3. The Hall–Kier alpha value is -2.36. The summed E-state index contributed by atoms with van der Waals surface area (Å²) >= 11 is 0. The average Bonchev–Trinajstić information content (AvgIpc) is 2.94. The van der Waals surface area contributed by atoms with Crippen LogP contribution in [0.25, 0.3) is 11.1 Å². The van der Waals surface area contributed by atoms with E-state index in [1.54, 1.807) is 29.2 Å². The standard InChI is InChI=1S/C22H27F2N3O3S/c1-26(2)31(29,30)25-17-8-6-13-27(14-12-17)21(28)15-16-7-3-4-9-18(16)22-19(23)10-5-11-20(22)24/h3-5,7,9-11,17,25H,6,8,12-15H2,1-2H3/t17-/m0/s1. The number of nitrogens with zero attached hydrogens (tertiary/aromatic N) is 2. The predicted octanol–water partition coefficient (Wildman–Crippen LogP) is 2.95. The molecule has 168 valence electrons. The van der Waals surface area contributed by atoms with E-state index in [0.717, 1.165) is 4.31 Å². The van der Waals surface area contributed by atoms with Gasteiger partial charge in [-0.2, -0.15) is 17.4 Å². The summed E-state index contributed by atoms with van der Waals surface area (Å²) in [4.78, 5) is 14.7. The minimum atomic E-state index is -3.54. The van der Waals surface area contributed by atoms with Crippen molar-refractivity contribution in [2.45, 2.75) is 31.7 Å². The number of benzene rings is 2. The van der Waals surface area contributed by atoms with E-state index in [4.69, 9.17) is 0 Å². The molecule has 3 rings (SSSR count). The Morgan fingerprint density at radius 1 is 1.06 bits per heavy atom. The van der Waals surface area contributed by atoms with Crippen LogP contribution in [-0.2, 0) is 21.4 Å². The van der Waals surface area contributed by atoms with Crippen LogP contribution < -0.4 is 4.72 Å². The van der Waals surface area contributed by atoms with E-state index in [-0.39, 0.29) is 23.9 Å². The zero-order valence-electron chi connectivity index (χ0n) is 17.6. The summed E-state index contributed by atoms with van der Waals surface area (Å²) in [7, 11) is -0.610. The second-order valence-electron chi connectivity index (χ2n) is 7.84. The van der Waals surface area contributed by atoms with Crippen molar-refractivity contribution in [2.75, 3.05) is 27.2 Å². The van der Waals surface area contributed by atoms with Gasteiger partial charge in [-0.3, -0.25) is 4.79 Å². The number of nitrogens with one attached hydrogen (secondary N) is 1. The molecule has 0 radical (unpaired) electrons. The van der Waals surface area contributed by atoms with E-state index in [1.807, 2.05) is 0 Å². The van der Waals surface area contributed by atoms with Crippen molar-refractivity contribution in [3.63, 3.8) is 0 Å². The Morgan fingerprint density at radius 2 is 1.74 bits per heavy atom. The van der Waals surface area contributed by atoms with Crippen LogP contribution in [0.1, 0.15) is 24.8 Å².